The van der Waals surface area contributed by atoms with Crippen LogP contribution in [0, 0.1) is 23.5 Å². The van der Waals surface area contributed by atoms with Gasteiger partial charge in [0.25, 0.3) is 0 Å². The molecule has 0 spiro atoms. The van der Waals surface area contributed by atoms with E-state index in [0.29, 0.717) is 49.5 Å². The van der Waals surface area contributed by atoms with E-state index in [0.717, 1.165) is 31.4 Å². The molecule has 1 saturated heterocycles. The third kappa shape index (κ3) is 4.22. The third-order valence-electron chi connectivity index (χ3n) is 7.33. The van der Waals surface area contributed by atoms with Crippen molar-refractivity contribution >= 4 is 23.3 Å². The Labute approximate surface area is 203 Å². The first-order valence-electron chi connectivity index (χ1n) is 12.0. The summed E-state index contributed by atoms with van der Waals surface area (Å²) >= 11 is 0. The second-order valence-electron chi connectivity index (χ2n) is 9.66. The van der Waals surface area contributed by atoms with Gasteiger partial charge in [-0.2, -0.15) is 18.2 Å². The zero-order valence-electron chi connectivity index (χ0n) is 19.2. The number of fused-ring (bicyclic) bond motifs is 3. The number of aromatic nitrogens is 4. The van der Waals surface area contributed by atoms with Gasteiger partial charge in [0.1, 0.15) is 17.3 Å². The number of hydrogen-bond donors (Lipinski definition) is 1. The average Bonchev–Trinajstić information content (AvgIpc) is 3.33. The Bertz CT molecular complexity index is 1240. The van der Waals surface area contributed by atoms with Gasteiger partial charge in [-0.3, -0.25) is 4.98 Å². The van der Waals surface area contributed by atoms with Crippen molar-refractivity contribution in [2.45, 2.75) is 38.0 Å². The maximum absolute atomic E-state index is 13.8. The maximum Gasteiger partial charge on any atom is 0.433 e. The normalized spacial score (nSPS) is 23.6. The van der Waals surface area contributed by atoms with Crippen molar-refractivity contribution in [2.75, 3.05) is 34.8 Å². The molecule has 1 aromatic carbocycles. The van der Waals surface area contributed by atoms with Gasteiger partial charge >= 0.3 is 6.18 Å². The molecule has 3 aromatic rings. The topological polar surface area (TPSA) is 62.1 Å². The molecule has 2 bridgehead atoms. The molecule has 1 aliphatic carbocycles. The molecule has 12 heteroatoms. The van der Waals surface area contributed by atoms with Crippen molar-refractivity contribution in [1.82, 2.24) is 19.7 Å². The number of nitrogens with one attached hydrogen (secondary N) is 1. The van der Waals surface area contributed by atoms with Crippen molar-refractivity contribution in [1.29, 1.82) is 0 Å². The summed E-state index contributed by atoms with van der Waals surface area (Å²) in [5.41, 5.74) is 0.0284. The van der Waals surface area contributed by atoms with Crippen molar-refractivity contribution in [2.24, 2.45) is 11.8 Å². The monoisotopic (exact) mass is 505 g/mol. The average molecular weight is 505 g/mol. The Balaban J connectivity index is 1.19. The lowest BCUT2D eigenvalue weighted by Crippen LogP contribution is -2.48. The molecule has 3 atom stereocenters. The lowest BCUT2D eigenvalue weighted by molar-refractivity contribution is -0.141. The zero-order chi connectivity index (χ0) is 25.0. The lowest BCUT2D eigenvalue weighted by atomic mass is 9.92. The van der Waals surface area contributed by atoms with Gasteiger partial charge in [0, 0.05) is 55.9 Å². The highest BCUT2D eigenvalue weighted by Crippen LogP contribution is 2.41. The van der Waals surface area contributed by atoms with Crippen LogP contribution in [-0.2, 0) is 12.7 Å². The first-order chi connectivity index (χ1) is 17.2. The van der Waals surface area contributed by atoms with E-state index in [1.807, 2.05) is 4.90 Å². The molecule has 2 aliphatic heterocycles. The number of anilines is 4. The third-order valence-corrected chi connectivity index (χ3v) is 7.33. The molecule has 2 aromatic heterocycles. The Morgan fingerprint density at radius 1 is 0.917 bits per heavy atom. The first-order valence-corrected chi connectivity index (χ1v) is 12.0. The van der Waals surface area contributed by atoms with Crippen LogP contribution in [0.25, 0.3) is 0 Å². The van der Waals surface area contributed by atoms with Gasteiger partial charge in [0.05, 0.1) is 0 Å². The second kappa shape index (κ2) is 8.59. The summed E-state index contributed by atoms with van der Waals surface area (Å²) < 4.78 is 68.8. The molecule has 36 heavy (non-hydrogen) atoms. The Morgan fingerprint density at radius 2 is 1.64 bits per heavy atom. The summed E-state index contributed by atoms with van der Waals surface area (Å²) in [6.07, 6.45) is -0.605. The largest absolute Gasteiger partial charge is 0.433 e. The minimum Gasteiger partial charge on any atom is -0.371 e. The number of pyridine rings is 1. The predicted molar refractivity (Wildman–Crippen MR) is 123 cm³/mol. The predicted octanol–water partition coefficient (Wildman–Crippen LogP) is 4.84. The van der Waals surface area contributed by atoms with E-state index in [2.05, 4.69) is 20.4 Å². The molecule has 0 radical (unpaired) electrons. The first kappa shape index (κ1) is 23.0. The Hall–Kier alpha value is -3.44. The number of nitrogens with zero attached hydrogens (tertiary/aromatic N) is 6. The summed E-state index contributed by atoms with van der Waals surface area (Å²) in [6, 6.07) is 6.22. The van der Waals surface area contributed by atoms with Gasteiger partial charge in [0.2, 0.25) is 11.9 Å². The fraction of sp³-hybridized carbons (Fsp3) is 0.458. The van der Waals surface area contributed by atoms with Crippen LogP contribution < -0.4 is 15.1 Å². The van der Waals surface area contributed by atoms with Crippen LogP contribution in [0.15, 0.2) is 36.5 Å². The number of benzene rings is 1. The second-order valence-corrected chi connectivity index (χ2v) is 9.66. The number of aryl methyl sites for hydroxylation is 1. The summed E-state index contributed by atoms with van der Waals surface area (Å²) in [4.78, 5) is 11.9. The van der Waals surface area contributed by atoms with Crippen molar-refractivity contribution < 1.29 is 22.0 Å². The molecular weight excluding hydrogens is 481 g/mol. The smallest absolute Gasteiger partial charge is 0.371 e. The van der Waals surface area contributed by atoms with E-state index in [1.165, 1.54) is 18.3 Å². The molecule has 4 heterocycles. The highest BCUT2D eigenvalue weighted by molar-refractivity contribution is 5.59. The van der Waals surface area contributed by atoms with E-state index in [-0.39, 0.29) is 17.9 Å². The van der Waals surface area contributed by atoms with Crippen LogP contribution in [0.5, 0.6) is 0 Å². The molecule has 7 nitrogen and oxygen atoms in total. The summed E-state index contributed by atoms with van der Waals surface area (Å²) in [5, 5.41) is 8.06. The van der Waals surface area contributed by atoms with Crippen LogP contribution in [0.4, 0.5) is 45.2 Å². The van der Waals surface area contributed by atoms with Gasteiger partial charge in [-0.25, -0.2) is 13.5 Å². The molecule has 190 valence electrons. The van der Waals surface area contributed by atoms with E-state index in [4.69, 9.17) is 0 Å². The maximum atomic E-state index is 13.8. The summed E-state index contributed by atoms with van der Waals surface area (Å²) in [7, 11) is 0. The van der Waals surface area contributed by atoms with Crippen LogP contribution >= 0.6 is 0 Å². The van der Waals surface area contributed by atoms with Gasteiger partial charge in [-0.1, -0.05) is 0 Å². The van der Waals surface area contributed by atoms with Gasteiger partial charge < -0.3 is 15.1 Å². The van der Waals surface area contributed by atoms with Gasteiger partial charge in [-0.15, -0.1) is 5.10 Å². The Kier molecular flexibility index (Phi) is 5.49. The fourth-order valence-electron chi connectivity index (χ4n) is 5.75. The minimum absolute atomic E-state index is 0.0923. The summed E-state index contributed by atoms with van der Waals surface area (Å²) in [6.45, 7) is 2.46. The van der Waals surface area contributed by atoms with Gasteiger partial charge in [0.15, 0.2) is 0 Å². The van der Waals surface area contributed by atoms with Crippen LogP contribution in [-0.4, -0.2) is 45.4 Å². The molecule has 2 fully saturated rings. The molecule has 6 rings (SSSR count). The van der Waals surface area contributed by atoms with E-state index in [1.54, 1.807) is 15.6 Å². The van der Waals surface area contributed by atoms with Gasteiger partial charge in [-0.05, 0) is 55.4 Å². The highest BCUT2D eigenvalue weighted by Gasteiger charge is 2.43. The molecule has 3 aliphatic rings. The SMILES string of the molecule is Fc1cc(F)cc(N2CCCn3nc(N[C@@H]4[C@@H]5CC[C@H]4CN(c4ccnc(C(F)(F)F)c4)C5)nc32)c1. The van der Waals surface area contributed by atoms with Crippen molar-refractivity contribution in [3.63, 3.8) is 0 Å². The number of halogens is 5. The number of piperidine rings is 1. The Morgan fingerprint density at radius 3 is 2.33 bits per heavy atom. The molecular formula is C24H24F5N7. The lowest BCUT2D eigenvalue weighted by Gasteiger charge is -2.39. The van der Waals surface area contributed by atoms with E-state index in [9.17, 15) is 22.0 Å². The number of hydrogen-bond acceptors (Lipinski definition) is 6. The molecule has 0 unspecified atom stereocenters. The minimum atomic E-state index is -4.48. The van der Waals surface area contributed by atoms with E-state index < -0.39 is 23.5 Å². The van der Waals surface area contributed by atoms with Crippen molar-refractivity contribution in [3.8, 4) is 0 Å². The van der Waals surface area contributed by atoms with Crippen LogP contribution in [0.3, 0.4) is 0 Å². The fourth-order valence-corrected chi connectivity index (χ4v) is 5.75. The quantitative estimate of drug-likeness (QED) is 0.513. The molecule has 1 saturated carbocycles. The van der Waals surface area contributed by atoms with Crippen molar-refractivity contribution in [3.05, 3.63) is 53.9 Å². The van der Waals surface area contributed by atoms with E-state index >= 15 is 0 Å². The number of rotatable bonds is 4. The standard InChI is InChI=1S/C24H24F5N7/c25-16-8-17(26)10-19(9-16)35-6-1-7-36-23(35)32-22(33-36)31-21-14-2-3-15(21)13-34(12-14)18-4-5-30-20(11-18)24(27,28)29/h4-5,8-11,14-15,21H,1-3,6-7,12-13H2,(H,31,33)/t14-,15+,21-. The highest BCUT2D eigenvalue weighted by atomic mass is 19.4. The van der Waals surface area contributed by atoms with Crippen LogP contribution in [0.1, 0.15) is 25.0 Å². The summed E-state index contributed by atoms with van der Waals surface area (Å²) in [5.74, 6) is 0.113. The zero-order valence-corrected chi connectivity index (χ0v) is 19.2. The molecule has 0 amide bonds. The molecule has 1 N–H and O–H groups in total. The van der Waals surface area contributed by atoms with Crippen LogP contribution in [0.2, 0.25) is 0 Å². The number of alkyl halides is 3.